The molecule has 2 heterocycles. The second-order valence-corrected chi connectivity index (χ2v) is 7.66. The smallest absolute Gasteiger partial charge is 0.213 e. The van der Waals surface area contributed by atoms with Crippen molar-refractivity contribution in [2.75, 3.05) is 14.2 Å². The number of nitrogens with one attached hydrogen (secondary N) is 1. The van der Waals surface area contributed by atoms with Crippen LogP contribution in [0.3, 0.4) is 0 Å². The van der Waals surface area contributed by atoms with E-state index < -0.39 is 10.2 Å². The summed E-state index contributed by atoms with van der Waals surface area (Å²) in [6.45, 7) is 2.66. The van der Waals surface area contributed by atoms with E-state index in [-0.39, 0.29) is 0 Å². The number of halogens is 1. The molecule has 0 aliphatic carbocycles. The largest absolute Gasteiger partial charge is 0.493 e. The lowest BCUT2D eigenvalue weighted by Gasteiger charge is -2.17. The molecule has 0 saturated carbocycles. The van der Waals surface area contributed by atoms with Crippen LogP contribution in [-0.4, -0.2) is 14.2 Å². The molecule has 10 heteroatoms. The summed E-state index contributed by atoms with van der Waals surface area (Å²) >= 11 is 0. The van der Waals surface area contributed by atoms with Crippen LogP contribution in [0.25, 0.3) is 22.3 Å². The molecule has 1 N–H and O–H groups in total. The van der Waals surface area contributed by atoms with Crippen LogP contribution in [0.4, 0.5) is 0 Å². The Hall–Kier alpha value is -3.34. The van der Waals surface area contributed by atoms with Gasteiger partial charge in [-0.3, -0.25) is 0 Å². The number of rotatable bonds is 5. The fraction of sp³-hybridized carbons (Fsp3) is 0.174. The molecule has 0 atom stereocenters. The summed E-state index contributed by atoms with van der Waals surface area (Å²) in [4.78, 5) is 3.47. The van der Waals surface area contributed by atoms with Gasteiger partial charge in [0.1, 0.15) is 11.3 Å². The van der Waals surface area contributed by atoms with Crippen molar-refractivity contribution in [3.05, 3.63) is 77.5 Å². The Morgan fingerprint density at radius 2 is 1.64 bits per heavy atom. The van der Waals surface area contributed by atoms with Gasteiger partial charge in [0.05, 0.1) is 31.9 Å². The molecule has 174 valence electrons. The lowest BCUT2D eigenvalue weighted by molar-refractivity contribution is -2.00. The van der Waals surface area contributed by atoms with Gasteiger partial charge < -0.3 is 18.3 Å². The minimum absolute atomic E-state index is 0.589. The summed E-state index contributed by atoms with van der Waals surface area (Å²) in [5.41, 5.74) is 2.88. The zero-order valence-corrected chi connectivity index (χ0v) is 18.9. The van der Waals surface area contributed by atoms with Crippen LogP contribution in [0.1, 0.15) is 11.3 Å². The summed E-state index contributed by atoms with van der Waals surface area (Å²) in [7, 11) is -1.70. The van der Waals surface area contributed by atoms with Gasteiger partial charge >= 0.3 is 0 Å². The number of furan rings is 1. The molecule has 0 bridgehead atoms. The van der Waals surface area contributed by atoms with Gasteiger partial charge in [0.25, 0.3) is 0 Å². The Bertz CT molecular complexity index is 1270. The van der Waals surface area contributed by atoms with E-state index >= 15 is 0 Å². The monoisotopic (exact) mass is 475 g/mol. The Labute approximate surface area is 191 Å². The molecule has 0 aliphatic heterocycles. The molecule has 0 saturated heterocycles. The molecular weight excluding hydrogens is 454 g/mol. The molecule has 0 amide bonds. The Balaban J connectivity index is 0.000000555. The van der Waals surface area contributed by atoms with Crippen LogP contribution in [0, 0.1) is 17.2 Å². The molecule has 2 aromatic heterocycles. The normalized spacial score (nSPS) is 11.8. The van der Waals surface area contributed by atoms with Crippen molar-refractivity contribution >= 4 is 11.0 Å². The van der Waals surface area contributed by atoms with Crippen LogP contribution in [0.2, 0.25) is 0 Å². The third-order valence-corrected chi connectivity index (χ3v) is 4.62. The first-order valence-corrected chi connectivity index (χ1v) is 10.9. The highest BCUT2D eigenvalue weighted by Gasteiger charge is 2.12. The number of hydrogen-bond donors (Lipinski definition) is 1. The van der Waals surface area contributed by atoms with Crippen molar-refractivity contribution < 1.29 is 52.2 Å². The van der Waals surface area contributed by atoms with E-state index in [0.717, 1.165) is 33.4 Å². The quantitative estimate of drug-likeness (QED) is 0.364. The summed E-state index contributed by atoms with van der Waals surface area (Å²) in [6, 6.07) is 17.7. The Morgan fingerprint density at radius 3 is 2.27 bits per heavy atom. The first-order valence-electron chi connectivity index (χ1n) is 9.66. The summed E-state index contributed by atoms with van der Waals surface area (Å²) in [5.74, 6) is 2.94. The van der Waals surface area contributed by atoms with Crippen molar-refractivity contribution in [2.45, 2.75) is 13.5 Å². The summed E-state index contributed by atoms with van der Waals surface area (Å²) in [5, 5.41) is 2.00. The van der Waals surface area contributed by atoms with Crippen molar-refractivity contribution in [1.29, 1.82) is 0 Å². The topological polar surface area (TPSA) is 151 Å². The highest BCUT2D eigenvalue weighted by molar-refractivity contribution is 5.79. The first kappa shape index (κ1) is 24.3. The fourth-order valence-electron chi connectivity index (χ4n) is 3.17. The molecular formula is C23H22ClNO8. The van der Waals surface area contributed by atoms with E-state index in [4.69, 9.17) is 36.9 Å². The minimum Gasteiger partial charge on any atom is -0.493 e. The zero-order valence-electron chi connectivity index (χ0n) is 18.1. The highest BCUT2D eigenvalue weighted by Crippen LogP contribution is 2.32. The third kappa shape index (κ3) is 6.82. The molecule has 9 nitrogen and oxygen atoms in total. The minimum atomic E-state index is -4.94. The second-order valence-electron chi connectivity index (χ2n) is 6.90. The molecule has 2 aromatic carbocycles. The van der Waals surface area contributed by atoms with Gasteiger partial charge in [-0.25, -0.2) is 23.6 Å². The predicted octanol–water partition coefficient (Wildman–Crippen LogP) is -1.56. The van der Waals surface area contributed by atoms with Crippen molar-refractivity contribution in [3.63, 3.8) is 0 Å². The van der Waals surface area contributed by atoms with Gasteiger partial charge in [0.15, 0.2) is 23.8 Å². The third-order valence-electron chi connectivity index (χ3n) is 4.62. The number of benzene rings is 2. The number of aryl methyl sites for hydroxylation is 1. The number of ether oxygens (including phenoxy) is 2. The van der Waals surface area contributed by atoms with E-state index in [9.17, 15) is 0 Å². The molecule has 33 heavy (non-hydrogen) atoms. The highest BCUT2D eigenvalue weighted by atomic mass is 35.7. The molecule has 0 radical (unpaired) electrons. The maximum atomic E-state index is 8.49. The average Bonchev–Trinajstić information content (AvgIpc) is 3.29. The van der Waals surface area contributed by atoms with Crippen molar-refractivity contribution in [2.24, 2.45) is 0 Å². The summed E-state index contributed by atoms with van der Waals surface area (Å²) in [6.07, 6.45) is 1.68. The fourth-order valence-corrected chi connectivity index (χ4v) is 3.17. The van der Waals surface area contributed by atoms with Crippen LogP contribution < -0.4 is 38.5 Å². The van der Waals surface area contributed by atoms with Crippen molar-refractivity contribution in [1.82, 2.24) is 0 Å². The number of methoxy groups -OCH3 is 2. The van der Waals surface area contributed by atoms with Gasteiger partial charge in [0.2, 0.25) is 5.36 Å². The van der Waals surface area contributed by atoms with Gasteiger partial charge in [-0.15, -0.1) is 10.2 Å². The molecule has 0 fully saturated rings. The van der Waals surface area contributed by atoms with E-state index in [1.165, 1.54) is 5.56 Å². The summed E-state index contributed by atoms with van der Waals surface area (Å²) < 4.78 is 56.4. The van der Waals surface area contributed by atoms with Gasteiger partial charge in [0, 0.05) is 5.56 Å². The van der Waals surface area contributed by atoms with Crippen molar-refractivity contribution in [3.8, 4) is 22.8 Å². The zero-order chi connectivity index (χ0) is 24.0. The van der Waals surface area contributed by atoms with Crippen LogP contribution in [0.15, 0.2) is 69.7 Å². The molecule has 0 spiro atoms. The van der Waals surface area contributed by atoms with E-state index in [0.29, 0.717) is 18.0 Å². The lowest BCUT2D eigenvalue weighted by atomic mass is 10.1. The Morgan fingerprint density at radius 1 is 0.909 bits per heavy atom. The number of fused-ring (bicyclic) bond motifs is 1. The van der Waals surface area contributed by atoms with E-state index in [1.807, 2.05) is 48.5 Å². The van der Waals surface area contributed by atoms with Gasteiger partial charge in [-0.05, 0) is 49.4 Å². The molecule has 0 aliphatic rings. The molecule has 0 unspecified atom stereocenters. The molecule has 4 aromatic rings. The predicted molar refractivity (Wildman–Crippen MR) is 106 cm³/mol. The van der Waals surface area contributed by atoms with Crippen LogP contribution in [0.5, 0.6) is 11.5 Å². The van der Waals surface area contributed by atoms with E-state index in [1.54, 1.807) is 20.5 Å². The van der Waals surface area contributed by atoms with E-state index in [2.05, 4.69) is 18.0 Å². The van der Waals surface area contributed by atoms with Gasteiger partial charge in [-0.2, -0.15) is 0 Å². The second kappa shape index (κ2) is 10.5. The van der Waals surface area contributed by atoms with Crippen LogP contribution in [-0.2, 0) is 6.54 Å². The molecule has 4 rings (SSSR count). The number of hydrogen-bond acceptors (Lipinski definition) is 8. The van der Waals surface area contributed by atoms with Crippen LogP contribution >= 0.6 is 0 Å². The standard InChI is InChI=1S/C23H21NO4.ClHO4/c1-15-6-8-20-18(11-15)19(24-14-17-5-4-10-27-17)13-22(28-20)16-7-9-21(25-2)23(12-16)26-3;2-1(3,4)5/h4-13H,14H2,1-3H3;(H,2,3,4,5). The van der Waals surface area contributed by atoms with Gasteiger partial charge in [-0.1, -0.05) is 11.6 Å². The average molecular weight is 476 g/mol. The SMILES string of the molecule is COc1ccc(-c2cc(=[NH+]Cc3ccco3)c3cc(C)ccc3o2)cc1OC.[O-][Cl+3]([O-])([O-])[O-]. The Kier molecular flexibility index (Phi) is 7.75. The maximum absolute atomic E-state index is 8.49. The first-order chi connectivity index (χ1) is 15.7. The lowest BCUT2D eigenvalue weighted by Crippen LogP contribution is -2.75. The maximum Gasteiger partial charge on any atom is 0.213 e.